The lowest BCUT2D eigenvalue weighted by Crippen LogP contribution is -2.46. The van der Waals surface area contributed by atoms with Crippen molar-refractivity contribution in [3.8, 4) is 11.3 Å². The number of amides is 2. The zero-order valence-corrected chi connectivity index (χ0v) is 22.5. The third-order valence-electron chi connectivity index (χ3n) is 5.14. The monoisotopic (exact) mass is 539 g/mol. The molecule has 2 unspecified atom stereocenters. The van der Waals surface area contributed by atoms with Gasteiger partial charge in [0.1, 0.15) is 5.01 Å². The maximum atomic E-state index is 13.3. The molecule has 1 saturated heterocycles. The van der Waals surface area contributed by atoms with E-state index in [1.807, 2.05) is 0 Å². The maximum Gasteiger partial charge on any atom is 0.411 e. The summed E-state index contributed by atoms with van der Waals surface area (Å²) in [6, 6.07) is 4.39. The van der Waals surface area contributed by atoms with Gasteiger partial charge < -0.3 is 20.5 Å². The largest absolute Gasteiger partial charge is 0.465 e. The molecule has 1 fully saturated rings. The van der Waals surface area contributed by atoms with E-state index in [1.165, 1.54) is 17.4 Å². The zero-order valence-electron chi connectivity index (χ0n) is 20.9. The van der Waals surface area contributed by atoms with Crippen molar-refractivity contribution in [3.05, 3.63) is 28.6 Å². The van der Waals surface area contributed by atoms with E-state index in [9.17, 15) is 18.0 Å². The molecule has 1 aromatic carbocycles. The molecule has 2 heterocycles. The highest BCUT2D eigenvalue weighted by Gasteiger charge is 2.28. The fourth-order valence-electron chi connectivity index (χ4n) is 3.79. The first kappa shape index (κ1) is 27.8. The quantitative estimate of drug-likeness (QED) is 0.354. The standard InChI is InChI=1S/C23H33N5O6S2/c1-13(2)34-22(31)26-14-6-8-16(19(10-14)36(32,33)28-23(3,4)5)18-12-35-20(27-18)17-9-7-15(11-24-17)25-21(29)30/h6,8,10,12-13,15,17,24-25,28H,7,9,11H2,1-5H3,(H,26,31)(H,29,30). The Morgan fingerprint density at radius 1 is 1.25 bits per heavy atom. The number of piperidine rings is 1. The summed E-state index contributed by atoms with van der Waals surface area (Å²) in [5, 5.41) is 19.9. The van der Waals surface area contributed by atoms with Crippen molar-refractivity contribution >= 4 is 39.2 Å². The second-order valence-corrected chi connectivity index (χ2v) is 12.4. The Bertz CT molecular complexity index is 1200. The summed E-state index contributed by atoms with van der Waals surface area (Å²) in [4.78, 5) is 27.6. The molecule has 0 saturated carbocycles. The molecule has 1 aliphatic heterocycles. The molecule has 2 aromatic rings. The number of hydrogen-bond acceptors (Lipinski definition) is 8. The van der Waals surface area contributed by atoms with E-state index in [4.69, 9.17) is 14.8 Å². The third kappa shape index (κ3) is 7.63. The number of thiazole rings is 1. The number of benzene rings is 1. The summed E-state index contributed by atoms with van der Waals surface area (Å²) in [6.07, 6.45) is -0.701. The SMILES string of the molecule is CC(C)OC(=O)Nc1ccc(-c2csc(C3CCC(NC(=O)O)CN3)n2)c(S(=O)(=O)NC(C)(C)C)c1. The number of anilines is 1. The molecule has 5 N–H and O–H groups in total. The van der Waals surface area contributed by atoms with Crippen LogP contribution in [0.2, 0.25) is 0 Å². The Labute approximate surface area is 215 Å². The van der Waals surface area contributed by atoms with E-state index in [0.717, 1.165) is 5.01 Å². The first-order valence-corrected chi connectivity index (χ1v) is 13.9. The van der Waals surface area contributed by atoms with Crippen molar-refractivity contribution in [2.24, 2.45) is 0 Å². The first-order valence-electron chi connectivity index (χ1n) is 11.6. The van der Waals surface area contributed by atoms with Gasteiger partial charge in [-0.05, 0) is 65.7 Å². The van der Waals surface area contributed by atoms with E-state index < -0.39 is 27.7 Å². The molecular formula is C23H33N5O6S2. The highest BCUT2D eigenvalue weighted by atomic mass is 32.2. The predicted octanol–water partition coefficient (Wildman–Crippen LogP) is 3.90. The summed E-state index contributed by atoms with van der Waals surface area (Å²) in [6.45, 7) is 9.15. The fraction of sp³-hybridized carbons (Fsp3) is 0.522. The number of carbonyl (C=O) groups is 2. The molecule has 2 atom stereocenters. The van der Waals surface area contributed by atoms with Crippen LogP contribution in [-0.4, -0.2) is 54.9 Å². The zero-order chi connectivity index (χ0) is 26.7. The van der Waals surface area contributed by atoms with Gasteiger partial charge in [-0.1, -0.05) is 0 Å². The molecule has 198 valence electrons. The van der Waals surface area contributed by atoms with Gasteiger partial charge in [-0.15, -0.1) is 11.3 Å². The van der Waals surface area contributed by atoms with E-state index in [-0.39, 0.29) is 28.8 Å². The molecule has 0 radical (unpaired) electrons. The molecule has 1 aliphatic rings. The smallest absolute Gasteiger partial charge is 0.411 e. The Balaban J connectivity index is 1.90. The van der Waals surface area contributed by atoms with Gasteiger partial charge in [0.2, 0.25) is 10.0 Å². The number of nitrogens with one attached hydrogen (secondary N) is 4. The second-order valence-electron chi connectivity index (χ2n) is 9.90. The number of ether oxygens (including phenoxy) is 1. The highest BCUT2D eigenvalue weighted by Crippen LogP contribution is 2.34. The van der Waals surface area contributed by atoms with Crippen LogP contribution in [0.3, 0.4) is 0 Å². The Morgan fingerprint density at radius 3 is 2.56 bits per heavy atom. The molecule has 1 aromatic heterocycles. The van der Waals surface area contributed by atoms with Crippen LogP contribution in [0.5, 0.6) is 0 Å². The number of carboxylic acid groups (broad SMARTS) is 1. The van der Waals surface area contributed by atoms with Crippen LogP contribution < -0.4 is 20.7 Å². The van der Waals surface area contributed by atoms with Crippen molar-refractivity contribution in [2.45, 2.75) is 76.1 Å². The molecule has 0 aliphatic carbocycles. The van der Waals surface area contributed by atoms with Gasteiger partial charge in [-0.3, -0.25) is 5.32 Å². The average molecular weight is 540 g/mol. The average Bonchev–Trinajstić information content (AvgIpc) is 3.21. The van der Waals surface area contributed by atoms with Crippen molar-refractivity contribution < 1.29 is 27.9 Å². The van der Waals surface area contributed by atoms with Crippen LogP contribution in [-0.2, 0) is 14.8 Å². The minimum Gasteiger partial charge on any atom is -0.465 e. The Kier molecular flexibility index (Phi) is 8.59. The molecule has 11 nitrogen and oxygen atoms in total. The number of rotatable bonds is 7. The lowest BCUT2D eigenvalue weighted by atomic mass is 10.0. The summed E-state index contributed by atoms with van der Waals surface area (Å²) in [5.74, 6) is 0. The molecule has 0 spiro atoms. The highest BCUT2D eigenvalue weighted by molar-refractivity contribution is 7.89. The van der Waals surface area contributed by atoms with Gasteiger partial charge >= 0.3 is 12.2 Å². The van der Waals surface area contributed by atoms with E-state index in [0.29, 0.717) is 30.6 Å². The number of hydrogen-bond donors (Lipinski definition) is 5. The van der Waals surface area contributed by atoms with Crippen molar-refractivity contribution in [2.75, 3.05) is 11.9 Å². The lowest BCUT2D eigenvalue weighted by molar-refractivity contribution is 0.130. The van der Waals surface area contributed by atoms with Crippen LogP contribution in [0.4, 0.5) is 15.3 Å². The molecule has 2 amide bonds. The number of sulfonamides is 1. The summed E-state index contributed by atoms with van der Waals surface area (Å²) >= 11 is 1.40. The van der Waals surface area contributed by atoms with Crippen LogP contribution in [0.25, 0.3) is 11.3 Å². The van der Waals surface area contributed by atoms with Crippen molar-refractivity contribution in [1.82, 2.24) is 20.3 Å². The van der Waals surface area contributed by atoms with Gasteiger partial charge in [0.15, 0.2) is 0 Å². The van der Waals surface area contributed by atoms with Crippen LogP contribution in [0, 0.1) is 0 Å². The predicted molar refractivity (Wildman–Crippen MR) is 138 cm³/mol. The second kappa shape index (κ2) is 11.1. The third-order valence-corrected chi connectivity index (χ3v) is 7.90. The van der Waals surface area contributed by atoms with E-state index >= 15 is 0 Å². The lowest BCUT2D eigenvalue weighted by Gasteiger charge is -2.28. The Hall–Kier alpha value is -2.74. The minimum absolute atomic E-state index is 0.0149. The Morgan fingerprint density at radius 2 is 1.97 bits per heavy atom. The van der Waals surface area contributed by atoms with Crippen LogP contribution >= 0.6 is 11.3 Å². The van der Waals surface area contributed by atoms with Gasteiger partial charge in [-0.2, -0.15) is 0 Å². The van der Waals surface area contributed by atoms with Crippen molar-refractivity contribution in [1.29, 1.82) is 0 Å². The maximum absolute atomic E-state index is 13.3. The van der Waals surface area contributed by atoms with Gasteiger partial charge in [0.05, 0.1) is 22.7 Å². The van der Waals surface area contributed by atoms with Crippen LogP contribution in [0.1, 0.15) is 58.5 Å². The fourth-order valence-corrected chi connectivity index (χ4v) is 6.38. The van der Waals surface area contributed by atoms with Gasteiger partial charge in [-0.25, -0.2) is 27.7 Å². The van der Waals surface area contributed by atoms with E-state index in [2.05, 4.69) is 20.7 Å². The van der Waals surface area contributed by atoms with E-state index in [1.54, 1.807) is 52.1 Å². The summed E-state index contributed by atoms with van der Waals surface area (Å²) in [5.41, 5.74) is 0.446. The van der Waals surface area contributed by atoms with Gasteiger partial charge in [0.25, 0.3) is 0 Å². The number of nitrogens with zero attached hydrogens (tertiary/aromatic N) is 1. The van der Waals surface area contributed by atoms with Crippen LogP contribution in [0.15, 0.2) is 28.5 Å². The molecule has 3 rings (SSSR count). The molecule has 0 bridgehead atoms. The minimum atomic E-state index is -3.97. The van der Waals surface area contributed by atoms with Crippen molar-refractivity contribution in [3.63, 3.8) is 0 Å². The summed E-state index contributed by atoms with van der Waals surface area (Å²) in [7, 11) is -3.97. The normalized spacial score (nSPS) is 18.6. The molecule has 36 heavy (non-hydrogen) atoms. The first-order chi connectivity index (χ1) is 16.7. The molecule has 13 heteroatoms. The number of aromatic nitrogens is 1. The number of carbonyl (C=O) groups excluding carboxylic acids is 1. The van der Waals surface area contributed by atoms with Gasteiger partial charge in [0, 0.05) is 34.8 Å². The summed E-state index contributed by atoms with van der Waals surface area (Å²) < 4.78 is 34.5. The topological polar surface area (TPSA) is 159 Å². The molecular weight excluding hydrogens is 506 g/mol.